The zero-order valence-corrected chi connectivity index (χ0v) is 14.5. The van der Waals surface area contributed by atoms with Gasteiger partial charge in [-0.15, -0.1) is 11.3 Å². The van der Waals surface area contributed by atoms with E-state index in [0.717, 1.165) is 0 Å². The number of rotatable bonds is 3. The third-order valence-electron chi connectivity index (χ3n) is 3.69. The molecule has 0 atom stereocenters. The predicted octanol–water partition coefficient (Wildman–Crippen LogP) is 4.22. The van der Waals surface area contributed by atoms with Crippen LogP contribution in [0.4, 0.5) is 15.2 Å². The molecule has 0 saturated carbocycles. The minimum absolute atomic E-state index is 0.0268. The highest BCUT2D eigenvalue weighted by atomic mass is 32.1. The number of carbonyl (C=O) groups is 1. The van der Waals surface area contributed by atoms with E-state index in [1.807, 2.05) is 0 Å². The van der Waals surface area contributed by atoms with Crippen LogP contribution < -0.4 is 10.9 Å². The summed E-state index contributed by atoms with van der Waals surface area (Å²) in [6, 6.07) is 11.7. The second kappa shape index (κ2) is 7.00. The molecule has 27 heavy (non-hydrogen) atoms. The molecule has 0 bridgehead atoms. The molecule has 8 heteroatoms. The number of thiazole rings is 1. The highest BCUT2D eigenvalue weighted by Crippen LogP contribution is 2.21. The van der Waals surface area contributed by atoms with Gasteiger partial charge < -0.3 is 9.52 Å². The van der Waals surface area contributed by atoms with Gasteiger partial charge in [0, 0.05) is 23.0 Å². The highest BCUT2D eigenvalue weighted by Gasteiger charge is 2.14. The molecule has 4 rings (SSSR count). The fourth-order valence-corrected chi connectivity index (χ4v) is 2.96. The molecule has 0 aliphatic rings. The van der Waals surface area contributed by atoms with Crippen molar-refractivity contribution in [1.29, 1.82) is 0 Å². The number of nitrogens with zero attached hydrogens (tertiary/aromatic N) is 2. The molecule has 2 aromatic heterocycles. The molecule has 0 aliphatic carbocycles. The van der Waals surface area contributed by atoms with Gasteiger partial charge in [-0.25, -0.2) is 14.4 Å². The molecule has 0 fully saturated rings. The Morgan fingerprint density at radius 1 is 1.19 bits per heavy atom. The second-order valence-electron chi connectivity index (χ2n) is 5.57. The topological polar surface area (TPSA) is 87.7 Å². The van der Waals surface area contributed by atoms with Crippen LogP contribution in [0.5, 0.6) is 5.75 Å². The number of phenolic OH excluding ortho intramolecular Hbond substituents is 1. The summed E-state index contributed by atoms with van der Waals surface area (Å²) in [6.45, 7) is 0. The van der Waals surface area contributed by atoms with Crippen LogP contribution in [-0.4, -0.2) is 16.0 Å². The normalized spacial score (nSPS) is 11.7. The number of anilines is 1. The molecule has 2 aromatic carbocycles. The summed E-state index contributed by atoms with van der Waals surface area (Å²) in [5.41, 5.74) is 1.01. The summed E-state index contributed by atoms with van der Waals surface area (Å²) in [7, 11) is 0. The maximum atomic E-state index is 13.1. The number of aromatic hydroxyl groups is 1. The van der Waals surface area contributed by atoms with Crippen LogP contribution in [0.25, 0.3) is 11.0 Å². The van der Waals surface area contributed by atoms with Crippen molar-refractivity contribution in [3.05, 3.63) is 77.0 Å². The molecule has 0 spiro atoms. The van der Waals surface area contributed by atoms with Crippen LogP contribution in [0.3, 0.4) is 0 Å². The average Bonchev–Trinajstić information content (AvgIpc) is 3.16. The second-order valence-corrected chi connectivity index (χ2v) is 6.46. The Morgan fingerprint density at radius 3 is 2.74 bits per heavy atom. The van der Waals surface area contributed by atoms with Gasteiger partial charge in [0.1, 0.15) is 22.7 Å². The van der Waals surface area contributed by atoms with E-state index < -0.39 is 11.7 Å². The molecule has 6 nitrogen and oxygen atoms in total. The lowest BCUT2D eigenvalue weighted by molar-refractivity contribution is 0.102. The van der Waals surface area contributed by atoms with Gasteiger partial charge >= 0.3 is 0 Å². The monoisotopic (exact) mass is 381 g/mol. The van der Waals surface area contributed by atoms with Gasteiger partial charge in [-0.2, -0.15) is 0 Å². The third kappa shape index (κ3) is 3.70. The van der Waals surface area contributed by atoms with Gasteiger partial charge in [-0.05, 0) is 42.5 Å². The standard InChI is InChI=1S/C19H12FN3O3S/c20-12-2-4-13(5-3-12)22-18-15(17(25)23-19-21-7-8-27-19)9-11-1-6-14(24)10-16(11)26-18/h1-10,24H,(H,21,23,25). The van der Waals surface area contributed by atoms with Crippen LogP contribution in [0.15, 0.2) is 69.5 Å². The Hall–Kier alpha value is -3.52. The van der Waals surface area contributed by atoms with Gasteiger partial charge in [0.2, 0.25) is 5.55 Å². The molecular weight excluding hydrogens is 369 g/mol. The lowest BCUT2D eigenvalue weighted by Crippen LogP contribution is -2.21. The lowest BCUT2D eigenvalue weighted by Gasteiger charge is -2.05. The Labute approximate surface area is 156 Å². The number of benzene rings is 2. The minimum atomic E-state index is -0.440. The molecule has 2 heterocycles. The first-order valence-electron chi connectivity index (χ1n) is 7.86. The molecule has 1 amide bonds. The summed E-state index contributed by atoms with van der Waals surface area (Å²) in [4.78, 5) is 21.1. The Balaban J connectivity index is 1.87. The average molecular weight is 381 g/mol. The van der Waals surface area contributed by atoms with Crippen LogP contribution in [0.1, 0.15) is 10.4 Å². The van der Waals surface area contributed by atoms with Crippen molar-refractivity contribution >= 4 is 39.0 Å². The van der Waals surface area contributed by atoms with E-state index in [2.05, 4.69) is 15.3 Å². The molecule has 4 aromatic rings. The number of nitrogens with one attached hydrogen (secondary N) is 1. The third-order valence-corrected chi connectivity index (χ3v) is 4.38. The van der Waals surface area contributed by atoms with Crippen molar-refractivity contribution in [1.82, 2.24) is 4.98 Å². The molecule has 134 valence electrons. The van der Waals surface area contributed by atoms with E-state index in [0.29, 0.717) is 21.8 Å². The van der Waals surface area contributed by atoms with E-state index in [9.17, 15) is 14.3 Å². The quantitative estimate of drug-likeness (QED) is 0.556. The van der Waals surface area contributed by atoms with Crippen molar-refractivity contribution in [3.63, 3.8) is 0 Å². The Bertz CT molecular complexity index is 1190. The number of phenols is 1. The van der Waals surface area contributed by atoms with Crippen molar-refractivity contribution < 1.29 is 18.7 Å². The number of amides is 1. The fraction of sp³-hybridized carbons (Fsp3) is 0. The molecule has 2 N–H and O–H groups in total. The van der Waals surface area contributed by atoms with Crippen LogP contribution >= 0.6 is 11.3 Å². The molecule has 0 unspecified atom stereocenters. The molecular formula is C19H12FN3O3S. The summed E-state index contributed by atoms with van der Waals surface area (Å²) in [5.74, 6) is -0.806. The van der Waals surface area contributed by atoms with Crippen molar-refractivity contribution in [2.45, 2.75) is 0 Å². The van der Waals surface area contributed by atoms with E-state index in [1.54, 1.807) is 23.7 Å². The van der Waals surface area contributed by atoms with Crippen molar-refractivity contribution in [2.24, 2.45) is 4.99 Å². The minimum Gasteiger partial charge on any atom is -0.508 e. The van der Waals surface area contributed by atoms with Crippen LogP contribution in [-0.2, 0) is 0 Å². The van der Waals surface area contributed by atoms with Crippen LogP contribution in [0, 0.1) is 5.82 Å². The first-order valence-corrected chi connectivity index (χ1v) is 8.74. The number of carbonyl (C=O) groups excluding carboxylic acids is 1. The van der Waals surface area contributed by atoms with Gasteiger partial charge in [0.15, 0.2) is 5.13 Å². The maximum Gasteiger partial charge on any atom is 0.262 e. The fourth-order valence-electron chi connectivity index (χ4n) is 2.44. The predicted molar refractivity (Wildman–Crippen MR) is 99.6 cm³/mol. The smallest absolute Gasteiger partial charge is 0.262 e. The van der Waals surface area contributed by atoms with Crippen LogP contribution in [0.2, 0.25) is 0 Å². The summed E-state index contributed by atoms with van der Waals surface area (Å²) < 4.78 is 18.9. The molecule has 0 radical (unpaired) electrons. The Kier molecular flexibility index (Phi) is 4.39. The van der Waals surface area contributed by atoms with Gasteiger partial charge in [0.05, 0.1) is 5.69 Å². The van der Waals surface area contributed by atoms with Gasteiger partial charge in [-0.3, -0.25) is 10.1 Å². The number of hydrogen-bond acceptors (Lipinski definition) is 6. The summed E-state index contributed by atoms with van der Waals surface area (Å²) in [5, 5.41) is 15.2. The largest absolute Gasteiger partial charge is 0.508 e. The van der Waals surface area contributed by atoms with Gasteiger partial charge in [-0.1, -0.05) is 0 Å². The molecule has 0 saturated heterocycles. The Morgan fingerprint density at radius 2 is 2.00 bits per heavy atom. The number of hydrogen-bond donors (Lipinski definition) is 2. The SMILES string of the molecule is O=C(Nc1nccs1)c1cc2ccc(O)cc2oc1=Nc1ccc(F)cc1. The maximum absolute atomic E-state index is 13.1. The lowest BCUT2D eigenvalue weighted by atomic mass is 10.1. The van der Waals surface area contributed by atoms with E-state index in [1.165, 1.54) is 47.7 Å². The molecule has 0 aliphatic heterocycles. The highest BCUT2D eigenvalue weighted by molar-refractivity contribution is 7.13. The zero-order valence-electron chi connectivity index (χ0n) is 13.7. The zero-order chi connectivity index (χ0) is 18.8. The summed E-state index contributed by atoms with van der Waals surface area (Å²) in [6.07, 6.45) is 1.58. The summed E-state index contributed by atoms with van der Waals surface area (Å²) >= 11 is 1.28. The first kappa shape index (κ1) is 16.9. The van der Waals surface area contributed by atoms with E-state index >= 15 is 0 Å². The number of fused-ring (bicyclic) bond motifs is 1. The van der Waals surface area contributed by atoms with E-state index in [-0.39, 0.29) is 16.9 Å². The number of aromatic nitrogens is 1. The number of halogens is 1. The van der Waals surface area contributed by atoms with Crippen molar-refractivity contribution in [3.8, 4) is 5.75 Å². The van der Waals surface area contributed by atoms with Gasteiger partial charge in [0.25, 0.3) is 5.91 Å². The first-order chi connectivity index (χ1) is 13.1. The van der Waals surface area contributed by atoms with E-state index in [4.69, 9.17) is 4.42 Å². The van der Waals surface area contributed by atoms with Crippen molar-refractivity contribution in [2.75, 3.05) is 5.32 Å².